The van der Waals surface area contributed by atoms with Gasteiger partial charge in [0.2, 0.25) is 0 Å². The van der Waals surface area contributed by atoms with Gasteiger partial charge in [0.25, 0.3) is 0 Å². The maximum Gasteiger partial charge on any atom is 0.198 e. The van der Waals surface area contributed by atoms with Crippen molar-refractivity contribution in [3.8, 4) is 0 Å². The largest absolute Gasteiger partial charge is 0.443 e. The Labute approximate surface area is 115 Å². The first-order valence-electron chi connectivity index (χ1n) is 7.84. The molecule has 4 aliphatic carbocycles. The third-order valence-electron chi connectivity index (χ3n) is 5.77. The minimum Gasteiger partial charge on any atom is -0.443 e. The Balaban J connectivity index is 1.67. The van der Waals surface area contributed by atoms with Gasteiger partial charge >= 0.3 is 0 Å². The zero-order valence-corrected chi connectivity index (χ0v) is 11.9. The molecule has 4 aliphatic rings. The van der Waals surface area contributed by atoms with E-state index in [0.29, 0.717) is 5.92 Å². The van der Waals surface area contributed by atoms with Crippen LogP contribution in [0.5, 0.6) is 0 Å². The van der Waals surface area contributed by atoms with Crippen molar-refractivity contribution in [2.45, 2.75) is 57.9 Å². The van der Waals surface area contributed by atoms with E-state index in [9.17, 15) is 0 Å². The van der Waals surface area contributed by atoms with Gasteiger partial charge in [0, 0.05) is 5.92 Å². The topological polar surface area (TPSA) is 52.0 Å². The van der Waals surface area contributed by atoms with E-state index >= 15 is 0 Å². The first kappa shape index (κ1) is 12.0. The number of nitrogens with zero attached hydrogens (tertiary/aromatic N) is 1. The van der Waals surface area contributed by atoms with Crippen LogP contribution in [-0.4, -0.2) is 4.98 Å². The van der Waals surface area contributed by atoms with Crippen LogP contribution in [0.2, 0.25) is 0 Å². The van der Waals surface area contributed by atoms with E-state index in [4.69, 9.17) is 15.1 Å². The monoisotopic (exact) mass is 260 g/mol. The van der Waals surface area contributed by atoms with Crippen LogP contribution in [0.1, 0.15) is 68.3 Å². The highest BCUT2D eigenvalue weighted by atomic mass is 16.4. The molecule has 0 aliphatic heterocycles. The zero-order valence-electron chi connectivity index (χ0n) is 11.9. The molecule has 19 heavy (non-hydrogen) atoms. The quantitative estimate of drug-likeness (QED) is 0.884. The first-order chi connectivity index (χ1) is 9.11. The summed E-state index contributed by atoms with van der Waals surface area (Å²) in [6.45, 7) is 4.01. The highest BCUT2D eigenvalue weighted by Crippen LogP contribution is 2.59. The Morgan fingerprint density at radius 3 is 2.16 bits per heavy atom. The number of nitrogens with two attached hydrogens (primary N) is 1. The molecule has 3 heteroatoms. The first-order valence-corrected chi connectivity index (χ1v) is 7.84. The molecule has 2 N–H and O–H groups in total. The Bertz CT molecular complexity index is 463. The Hall–Kier alpha value is -0.830. The summed E-state index contributed by atoms with van der Waals surface area (Å²) in [6, 6.07) is -0.0434. The molecule has 1 unspecified atom stereocenters. The summed E-state index contributed by atoms with van der Waals surface area (Å²) < 4.78 is 6.07. The van der Waals surface area contributed by atoms with Gasteiger partial charge in [-0.1, -0.05) is 0 Å². The highest BCUT2D eigenvalue weighted by Gasteiger charge is 2.50. The standard InChI is InChI=1S/C16H24N2O/c1-8(17)15-9(2)18-16(19-15)14-12-4-10-3-11(6-12)7-13(14)5-10/h8,10-14H,3-7,17H2,1-2H3. The van der Waals surface area contributed by atoms with Crippen molar-refractivity contribution in [2.75, 3.05) is 0 Å². The van der Waals surface area contributed by atoms with Gasteiger partial charge in [0.15, 0.2) is 5.89 Å². The second-order valence-electron chi connectivity index (χ2n) is 7.25. The molecule has 1 heterocycles. The van der Waals surface area contributed by atoms with Gasteiger partial charge < -0.3 is 10.2 Å². The summed E-state index contributed by atoms with van der Waals surface area (Å²) in [6.07, 6.45) is 7.13. The van der Waals surface area contributed by atoms with Gasteiger partial charge in [-0.25, -0.2) is 4.98 Å². The fourth-order valence-corrected chi connectivity index (χ4v) is 5.32. The van der Waals surface area contributed by atoms with Crippen LogP contribution < -0.4 is 5.73 Å². The minimum absolute atomic E-state index is 0.0434. The average Bonchev–Trinajstić information content (AvgIpc) is 2.69. The molecule has 4 saturated carbocycles. The summed E-state index contributed by atoms with van der Waals surface area (Å²) in [5.41, 5.74) is 6.97. The normalized spacial score (nSPS) is 41.7. The highest BCUT2D eigenvalue weighted by molar-refractivity contribution is 5.16. The van der Waals surface area contributed by atoms with Crippen LogP contribution in [0.25, 0.3) is 0 Å². The molecule has 5 rings (SSSR count). The van der Waals surface area contributed by atoms with E-state index in [1.807, 2.05) is 13.8 Å². The Morgan fingerprint density at radius 1 is 1.11 bits per heavy atom. The number of hydrogen-bond donors (Lipinski definition) is 1. The molecule has 3 nitrogen and oxygen atoms in total. The molecule has 0 radical (unpaired) electrons. The van der Waals surface area contributed by atoms with Crippen molar-refractivity contribution < 1.29 is 4.42 Å². The molecule has 4 bridgehead atoms. The second-order valence-corrected chi connectivity index (χ2v) is 7.25. The minimum atomic E-state index is -0.0434. The van der Waals surface area contributed by atoms with Crippen LogP contribution in [0.4, 0.5) is 0 Å². The zero-order chi connectivity index (χ0) is 13.1. The van der Waals surface area contributed by atoms with Crippen LogP contribution in [0, 0.1) is 30.6 Å². The number of aryl methyl sites for hydroxylation is 1. The third-order valence-corrected chi connectivity index (χ3v) is 5.77. The lowest BCUT2D eigenvalue weighted by Gasteiger charge is -2.53. The smallest absolute Gasteiger partial charge is 0.198 e. The second kappa shape index (κ2) is 4.08. The molecule has 0 spiro atoms. The van der Waals surface area contributed by atoms with Crippen molar-refractivity contribution >= 4 is 0 Å². The molecule has 0 aromatic carbocycles. The van der Waals surface area contributed by atoms with E-state index in [-0.39, 0.29) is 6.04 Å². The van der Waals surface area contributed by atoms with Crippen LogP contribution in [0.15, 0.2) is 4.42 Å². The van der Waals surface area contributed by atoms with Crippen molar-refractivity contribution in [3.63, 3.8) is 0 Å². The maximum atomic E-state index is 6.07. The van der Waals surface area contributed by atoms with Crippen LogP contribution >= 0.6 is 0 Å². The van der Waals surface area contributed by atoms with Gasteiger partial charge in [0.1, 0.15) is 5.76 Å². The van der Waals surface area contributed by atoms with Crippen molar-refractivity contribution in [1.82, 2.24) is 4.98 Å². The molecular formula is C16H24N2O. The molecular weight excluding hydrogens is 236 g/mol. The number of aromatic nitrogens is 1. The number of hydrogen-bond acceptors (Lipinski definition) is 3. The molecule has 1 aromatic rings. The fourth-order valence-electron chi connectivity index (χ4n) is 5.32. The Kier molecular flexibility index (Phi) is 2.57. The molecule has 104 valence electrons. The summed E-state index contributed by atoms with van der Waals surface area (Å²) in [7, 11) is 0. The van der Waals surface area contributed by atoms with E-state index in [2.05, 4.69) is 0 Å². The molecule has 1 aromatic heterocycles. The van der Waals surface area contributed by atoms with E-state index < -0.39 is 0 Å². The van der Waals surface area contributed by atoms with Crippen LogP contribution in [-0.2, 0) is 0 Å². The predicted molar refractivity (Wildman–Crippen MR) is 73.6 cm³/mol. The maximum absolute atomic E-state index is 6.07. The van der Waals surface area contributed by atoms with E-state index in [1.165, 1.54) is 32.1 Å². The van der Waals surface area contributed by atoms with Gasteiger partial charge in [0.05, 0.1) is 11.7 Å². The van der Waals surface area contributed by atoms with Crippen LogP contribution in [0.3, 0.4) is 0 Å². The van der Waals surface area contributed by atoms with Gasteiger partial charge in [-0.3, -0.25) is 0 Å². The SMILES string of the molecule is Cc1nc(C2C3CC4CC(C3)CC2C4)oc1C(C)N. The van der Waals surface area contributed by atoms with E-state index in [0.717, 1.165) is 41.0 Å². The van der Waals surface area contributed by atoms with Crippen molar-refractivity contribution in [3.05, 3.63) is 17.3 Å². The summed E-state index contributed by atoms with van der Waals surface area (Å²) in [5, 5.41) is 0. The van der Waals surface area contributed by atoms with Crippen molar-refractivity contribution in [1.29, 1.82) is 0 Å². The lowest BCUT2D eigenvalue weighted by atomic mass is 9.52. The van der Waals surface area contributed by atoms with E-state index in [1.54, 1.807) is 0 Å². The predicted octanol–water partition coefficient (Wildman–Crippen LogP) is 3.54. The van der Waals surface area contributed by atoms with Gasteiger partial charge in [-0.05, 0) is 69.6 Å². The number of oxazole rings is 1. The summed E-state index contributed by atoms with van der Waals surface area (Å²) in [5.74, 6) is 6.14. The molecule has 0 saturated heterocycles. The lowest BCUT2D eigenvalue weighted by Crippen LogP contribution is -2.43. The average molecular weight is 260 g/mol. The summed E-state index contributed by atoms with van der Waals surface area (Å²) in [4.78, 5) is 4.73. The molecule has 0 amide bonds. The third kappa shape index (κ3) is 1.78. The molecule has 4 fully saturated rings. The lowest BCUT2D eigenvalue weighted by molar-refractivity contribution is -0.0118. The van der Waals surface area contributed by atoms with Crippen molar-refractivity contribution in [2.24, 2.45) is 29.4 Å². The fraction of sp³-hybridized carbons (Fsp3) is 0.812. The van der Waals surface area contributed by atoms with Gasteiger partial charge in [-0.15, -0.1) is 0 Å². The Morgan fingerprint density at radius 2 is 1.68 bits per heavy atom. The number of rotatable bonds is 2. The van der Waals surface area contributed by atoms with Gasteiger partial charge in [-0.2, -0.15) is 0 Å². The summed E-state index contributed by atoms with van der Waals surface area (Å²) >= 11 is 0. The molecule has 1 atom stereocenters.